The molecule has 6 nitrogen and oxygen atoms in total. The van der Waals surface area contributed by atoms with Gasteiger partial charge in [-0.2, -0.15) is 0 Å². The smallest absolute Gasteiger partial charge is 0.268 e. The Morgan fingerprint density at radius 2 is 2.11 bits per heavy atom. The van der Waals surface area contributed by atoms with Crippen LogP contribution >= 0.6 is 11.3 Å². The van der Waals surface area contributed by atoms with E-state index in [1.54, 1.807) is 13.3 Å². The summed E-state index contributed by atoms with van der Waals surface area (Å²) in [5.41, 5.74) is 9.94. The van der Waals surface area contributed by atoms with Crippen molar-refractivity contribution >= 4 is 49.7 Å². The number of nitrogens with zero attached hydrogens (tertiary/aromatic N) is 2. The topological polar surface area (TPSA) is 90.1 Å². The lowest BCUT2D eigenvalue weighted by Gasteiger charge is -2.07. The number of ether oxygens (including phenoxy) is 1. The Kier molecular flexibility index (Phi) is 4.47. The second-order valence-electron chi connectivity index (χ2n) is 6.22. The van der Waals surface area contributed by atoms with Crippen LogP contribution in [0.1, 0.15) is 20.9 Å². The van der Waals surface area contributed by atoms with Gasteiger partial charge in [-0.15, -0.1) is 11.3 Å². The number of nitrogens with two attached hydrogens (primary N) is 1. The van der Waals surface area contributed by atoms with Crippen LogP contribution in [0.4, 0.5) is 11.4 Å². The van der Waals surface area contributed by atoms with E-state index in [2.05, 4.69) is 15.3 Å². The fourth-order valence-corrected chi connectivity index (χ4v) is 4.24. The standard InChI is InChI=1S/C20H18N4O2S/c1-11-9-13(10-26-2)15-16(21)18(27-20(15)23-11)19(25)24-14-7-3-5-12-6-4-8-22-17(12)14/h3-9H,10,21H2,1-2H3,(H,24,25). The summed E-state index contributed by atoms with van der Waals surface area (Å²) in [7, 11) is 1.63. The van der Waals surface area contributed by atoms with Crippen molar-refractivity contribution in [2.24, 2.45) is 0 Å². The summed E-state index contributed by atoms with van der Waals surface area (Å²) in [5, 5.41) is 4.68. The predicted molar refractivity (Wildman–Crippen MR) is 109 cm³/mol. The normalized spacial score (nSPS) is 11.2. The monoisotopic (exact) mass is 378 g/mol. The van der Waals surface area contributed by atoms with E-state index in [9.17, 15) is 4.79 Å². The second-order valence-corrected chi connectivity index (χ2v) is 7.21. The number of aryl methyl sites for hydroxylation is 1. The average molecular weight is 378 g/mol. The van der Waals surface area contributed by atoms with Crippen molar-refractivity contribution in [2.45, 2.75) is 13.5 Å². The number of carbonyl (C=O) groups excluding carboxylic acids is 1. The van der Waals surface area contributed by atoms with Crippen LogP contribution in [0.3, 0.4) is 0 Å². The van der Waals surface area contributed by atoms with Crippen molar-refractivity contribution in [3.63, 3.8) is 0 Å². The molecule has 0 saturated heterocycles. The molecule has 4 aromatic rings. The number of aromatic nitrogens is 2. The van der Waals surface area contributed by atoms with Crippen LogP contribution < -0.4 is 11.1 Å². The molecule has 0 bridgehead atoms. The molecule has 1 aromatic carbocycles. The lowest BCUT2D eigenvalue weighted by Crippen LogP contribution is -2.12. The summed E-state index contributed by atoms with van der Waals surface area (Å²) in [6.07, 6.45) is 1.70. The van der Waals surface area contributed by atoms with Gasteiger partial charge in [-0.1, -0.05) is 18.2 Å². The van der Waals surface area contributed by atoms with Gasteiger partial charge in [-0.25, -0.2) is 4.98 Å². The third-order valence-corrected chi connectivity index (χ3v) is 5.39. The van der Waals surface area contributed by atoms with Crippen LogP contribution in [0.2, 0.25) is 0 Å². The van der Waals surface area contributed by atoms with E-state index in [-0.39, 0.29) is 5.91 Å². The van der Waals surface area contributed by atoms with Gasteiger partial charge in [0.25, 0.3) is 5.91 Å². The molecular formula is C20H18N4O2S. The lowest BCUT2D eigenvalue weighted by atomic mass is 10.1. The first-order valence-electron chi connectivity index (χ1n) is 8.41. The van der Waals surface area contributed by atoms with E-state index in [4.69, 9.17) is 10.5 Å². The number of hydrogen-bond donors (Lipinski definition) is 2. The van der Waals surface area contributed by atoms with Crippen LogP contribution in [-0.4, -0.2) is 23.0 Å². The highest BCUT2D eigenvalue weighted by Gasteiger charge is 2.20. The molecule has 0 aliphatic carbocycles. The second kappa shape index (κ2) is 6.94. The van der Waals surface area contributed by atoms with Crippen LogP contribution in [0.15, 0.2) is 42.6 Å². The number of carbonyl (C=O) groups is 1. The van der Waals surface area contributed by atoms with Gasteiger partial charge in [0, 0.05) is 29.8 Å². The van der Waals surface area contributed by atoms with E-state index in [1.807, 2.05) is 43.3 Å². The van der Waals surface area contributed by atoms with Crippen LogP contribution in [-0.2, 0) is 11.3 Å². The zero-order valence-electron chi connectivity index (χ0n) is 14.9. The minimum atomic E-state index is -0.269. The molecule has 136 valence electrons. The van der Waals surface area contributed by atoms with E-state index < -0.39 is 0 Å². The molecule has 27 heavy (non-hydrogen) atoms. The number of benzene rings is 1. The number of pyridine rings is 2. The van der Waals surface area contributed by atoms with Crippen molar-refractivity contribution in [2.75, 3.05) is 18.2 Å². The molecule has 3 N–H and O–H groups in total. The Hall–Kier alpha value is -3.03. The fraction of sp³-hybridized carbons (Fsp3) is 0.150. The SMILES string of the molecule is COCc1cc(C)nc2sc(C(=O)Nc3cccc4cccnc34)c(N)c12. The summed E-state index contributed by atoms with van der Waals surface area (Å²) in [6.45, 7) is 2.32. The van der Waals surface area contributed by atoms with Crippen LogP contribution in [0.25, 0.3) is 21.1 Å². The summed E-state index contributed by atoms with van der Waals surface area (Å²) in [6, 6.07) is 11.4. The third kappa shape index (κ3) is 3.11. The van der Waals surface area contributed by atoms with Gasteiger partial charge in [0.2, 0.25) is 0 Å². The molecule has 4 rings (SSSR count). The minimum Gasteiger partial charge on any atom is -0.397 e. The Balaban J connectivity index is 1.77. The molecular weight excluding hydrogens is 360 g/mol. The molecule has 3 heterocycles. The first kappa shape index (κ1) is 17.4. The maximum absolute atomic E-state index is 12.9. The minimum absolute atomic E-state index is 0.269. The molecule has 0 spiro atoms. The highest BCUT2D eigenvalue weighted by Crippen LogP contribution is 2.36. The molecule has 0 unspecified atom stereocenters. The van der Waals surface area contributed by atoms with E-state index in [0.29, 0.717) is 22.9 Å². The molecule has 3 aromatic heterocycles. The largest absolute Gasteiger partial charge is 0.397 e. The van der Waals surface area contributed by atoms with Crippen molar-refractivity contribution < 1.29 is 9.53 Å². The van der Waals surface area contributed by atoms with Crippen molar-refractivity contribution in [1.82, 2.24) is 9.97 Å². The van der Waals surface area contributed by atoms with Gasteiger partial charge >= 0.3 is 0 Å². The Morgan fingerprint density at radius 1 is 1.30 bits per heavy atom. The number of nitrogen functional groups attached to an aromatic ring is 1. The van der Waals surface area contributed by atoms with Crippen LogP contribution in [0, 0.1) is 6.92 Å². The van der Waals surface area contributed by atoms with Crippen molar-refractivity contribution in [3.8, 4) is 0 Å². The first-order valence-corrected chi connectivity index (χ1v) is 9.22. The number of hydrogen-bond acceptors (Lipinski definition) is 6. The van der Waals surface area contributed by atoms with E-state index in [1.165, 1.54) is 11.3 Å². The number of rotatable bonds is 4. The van der Waals surface area contributed by atoms with Gasteiger partial charge in [-0.05, 0) is 30.7 Å². The highest BCUT2D eigenvalue weighted by atomic mass is 32.1. The third-order valence-electron chi connectivity index (χ3n) is 4.30. The zero-order valence-corrected chi connectivity index (χ0v) is 15.8. The van der Waals surface area contributed by atoms with Crippen molar-refractivity contribution in [3.05, 3.63) is 58.7 Å². The van der Waals surface area contributed by atoms with Crippen LogP contribution in [0.5, 0.6) is 0 Å². The Morgan fingerprint density at radius 3 is 2.93 bits per heavy atom. The maximum atomic E-state index is 12.9. The summed E-state index contributed by atoms with van der Waals surface area (Å²) in [5.74, 6) is -0.269. The summed E-state index contributed by atoms with van der Waals surface area (Å²) >= 11 is 1.29. The van der Waals surface area contributed by atoms with E-state index >= 15 is 0 Å². The van der Waals surface area contributed by atoms with Gasteiger partial charge in [0.15, 0.2) is 0 Å². The summed E-state index contributed by atoms with van der Waals surface area (Å²) in [4.78, 5) is 23.0. The number of thiophene rings is 1. The molecule has 0 atom stereocenters. The lowest BCUT2D eigenvalue weighted by molar-refractivity contribution is 0.103. The number of nitrogens with one attached hydrogen (secondary N) is 1. The summed E-state index contributed by atoms with van der Waals surface area (Å²) < 4.78 is 5.27. The van der Waals surface area contributed by atoms with Gasteiger partial charge < -0.3 is 15.8 Å². The quantitative estimate of drug-likeness (QED) is 0.557. The predicted octanol–water partition coefficient (Wildman–Crippen LogP) is 4.13. The number of fused-ring (bicyclic) bond motifs is 2. The van der Waals surface area contributed by atoms with Crippen molar-refractivity contribution in [1.29, 1.82) is 0 Å². The number of amides is 1. The van der Waals surface area contributed by atoms with Gasteiger partial charge in [-0.3, -0.25) is 9.78 Å². The number of para-hydroxylation sites is 1. The van der Waals surface area contributed by atoms with Gasteiger partial charge in [0.05, 0.1) is 23.5 Å². The Labute approximate surface area is 160 Å². The fourth-order valence-electron chi connectivity index (χ4n) is 3.16. The zero-order chi connectivity index (χ0) is 19.0. The molecule has 0 radical (unpaired) electrons. The highest BCUT2D eigenvalue weighted by molar-refractivity contribution is 7.21. The van der Waals surface area contributed by atoms with Gasteiger partial charge in [0.1, 0.15) is 9.71 Å². The maximum Gasteiger partial charge on any atom is 0.268 e. The molecule has 0 saturated carbocycles. The molecule has 0 aliphatic rings. The molecule has 0 aliphatic heterocycles. The number of anilines is 2. The first-order chi connectivity index (χ1) is 13.1. The number of methoxy groups -OCH3 is 1. The molecule has 1 amide bonds. The molecule has 0 fully saturated rings. The average Bonchev–Trinajstić information content (AvgIpc) is 2.99. The molecule has 7 heteroatoms. The Bertz CT molecular complexity index is 1160. The van der Waals surface area contributed by atoms with E-state index in [0.717, 1.165) is 32.4 Å².